The number of aromatic nitrogens is 3. The maximum absolute atomic E-state index is 12.9. The molecule has 2 saturated heterocycles. The number of nitrogens with two attached hydrogens (primary N) is 1. The number of aromatic amines is 1. The molecule has 6 rings (SSSR count). The van der Waals surface area contributed by atoms with E-state index in [1.54, 1.807) is 30.3 Å². The number of ether oxygens (including phenoxy) is 3. The minimum Gasteiger partial charge on any atom is -0.456 e. The Morgan fingerprint density at radius 2 is 1.67 bits per heavy atom. The van der Waals surface area contributed by atoms with Gasteiger partial charge in [0.1, 0.15) is 18.3 Å². The van der Waals surface area contributed by atoms with Gasteiger partial charge in [-0.1, -0.05) is 48.0 Å². The third kappa shape index (κ3) is 6.78. The van der Waals surface area contributed by atoms with Crippen LogP contribution in [0.2, 0.25) is 5.02 Å². The first-order valence-electron chi connectivity index (χ1n) is 13.8. The van der Waals surface area contributed by atoms with Crippen LogP contribution in [0.1, 0.15) is 10.4 Å². The molecular formula is C29H28ClN5O9S. The molecule has 45 heavy (non-hydrogen) atoms. The third-order valence-corrected chi connectivity index (χ3v) is 8.51. The summed E-state index contributed by atoms with van der Waals surface area (Å²) < 4.78 is 48.5. The number of H-pyrrole nitrogens is 1. The molecule has 236 valence electrons. The van der Waals surface area contributed by atoms with Gasteiger partial charge < -0.3 is 34.9 Å². The number of halogens is 1. The molecule has 0 unspecified atom stereocenters. The number of pyridine rings is 1. The highest BCUT2D eigenvalue weighted by Gasteiger charge is 2.48. The van der Waals surface area contributed by atoms with E-state index in [0.717, 1.165) is 21.6 Å². The molecule has 0 saturated carbocycles. The van der Waals surface area contributed by atoms with E-state index >= 15 is 0 Å². The van der Waals surface area contributed by atoms with E-state index in [-0.39, 0.29) is 30.9 Å². The molecule has 5 N–H and O–H groups in total. The van der Waals surface area contributed by atoms with Gasteiger partial charge in [0.25, 0.3) is 22.0 Å². The Bertz CT molecular complexity index is 1850. The van der Waals surface area contributed by atoms with Crippen LogP contribution < -0.4 is 10.5 Å². The van der Waals surface area contributed by atoms with Crippen LogP contribution in [0.25, 0.3) is 33.5 Å². The minimum absolute atomic E-state index is 0.193. The van der Waals surface area contributed by atoms with E-state index in [4.69, 9.17) is 36.1 Å². The predicted molar refractivity (Wildman–Crippen MR) is 161 cm³/mol. The van der Waals surface area contributed by atoms with Gasteiger partial charge in [-0.2, -0.15) is 13.4 Å². The van der Waals surface area contributed by atoms with Crippen molar-refractivity contribution in [1.82, 2.24) is 19.9 Å². The highest BCUT2D eigenvalue weighted by molar-refractivity contribution is 7.85. The number of nitrogens with zero attached hydrogens (tertiary/aromatic N) is 3. The Hall–Kier alpha value is -4.12. The molecule has 0 radical (unpaired) electrons. The first-order chi connectivity index (χ1) is 21.4. The number of hydrogen-bond donors (Lipinski definition) is 4. The molecule has 0 spiro atoms. The Labute approximate surface area is 261 Å². The second kappa shape index (κ2) is 12.3. The van der Waals surface area contributed by atoms with E-state index in [0.29, 0.717) is 21.9 Å². The average molecular weight is 658 g/mol. The van der Waals surface area contributed by atoms with Crippen molar-refractivity contribution in [3.05, 3.63) is 65.2 Å². The number of amides is 2. The molecule has 4 heterocycles. The summed E-state index contributed by atoms with van der Waals surface area (Å²) in [6, 6.07) is 15.9. The Morgan fingerprint density at radius 3 is 2.33 bits per heavy atom. The van der Waals surface area contributed by atoms with Gasteiger partial charge in [0.05, 0.1) is 41.7 Å². The molecule has 2 aliphatic rings. The van der Waals surface area contributed by atoms with E-state index in [1.165, 1.54) is 0 Å². The molecule has 0 aliphatic carbocycles. The first kappa shape index (κ1) is 30.9. The summed E-state index contributed by atoms with van der Waals surface area (Å²) in [5, 5.41) is 10.4. The van der Waals surface area contributed by atoms with Gasteiger partial charge in [0, 0.05) is 17.7 Å². The number of carbonyl (C=O) groups is 2. The van der Waals surface area contributed by atoms with Gasteiger partial charge >= 0.3 is 0 Å². The second-order valence-electron chi connectivity index (χ2n) is 10.7. The molecule has 14 nitrogen and oxygen atoms in total. The zero-order valence-corrected chi connectivity index (χ0v) is 25.1. The summed E-state index contributed by atoms with van der Waals surface area (Å²) in [7, 11) is -4.34. The van der Waals surface area contributed by atoms with E-state index in [1.807, 2.05) is 24.3 Å². The largest absolute Gasteiger partial charge is 0.456 e. The standard InChI is InChI=1S/C29H28ClN5O9S/c30-19-11-20-27(34-29(32-20)44-22-14-43-25-21(36)13-42-26(22)25)33-24(19)17-5-1-15(2-6-17)16-3-7-18(8-4-16)28(38)35(12-23(31)37)9-10-45(39,40)41/h1-8,11,21-22,25-26,36H,9-10,12-14H2,(H2,31,37)(H,32,33,34)(H,39,40,41)/t21-,22-,25-,26-/m1/s1. The van der Waals surface area contributed by atoms with Crippen LogP contribution in [-0.4, -0.2) is 106 Å². The molecule has 2 aliphatic heterocycles. The molecule has 4 aromatic rings. The summed E-state index contributed by atoms with van der Waals surface area (Å²) in [4.78, 5) is 37.4. The lowest BCUT2D eigenvalue weighted by Crippen LogP contribution is -2.41. The highest BCUT2D eigenvalue weighted by atomic mass is 35.5. The fraction of sp³-hybridized carbons (Fsp3) is 0.310. The lowest BCUT2D eigenvalue weighted by atomic mass is 10.0. The van der Waals surface area contributed by atoms with Crippen LogP contribution in [0, 0.1) is 0 Å². The van der Waals surface area contributed by atoms with Crippen molar-refractivity contribution in [3.8, 4) is 28.4 Å². The number of hydrogen-bond acceptors (Lipinski definition) is 10. The summed E-state index contributed by atoms with van der Waals surface area (Å²) in [5.41, 5.74) is 9.29. The van der Waals surface area contributed by atoms with Crippen molar-refractivity contribution in [1.29, 1.82) is 0 Å². The molecule has 4 atom stereocenters. The first-order valence-corrected chi connectivity index (χ1v) is 15.8. The summed E-state index contributed by atoms with van der Waals surface area (Å²) in [6.07, 6.45) is -1.92. The van der Waals surface area contributed by atoms with Gasteiger partial charge in [-0.15, -0.1) is 0 Å². The minimum atomic E-state index is -4.34. The van der Waals surface area contributed by atoms with Crippen molar-refractivity contribution in [3.63, 3.8) is 0 Å². The van der Waals surface area contributed by atoms with Crippen LogP contribution in [0.4, 0.5) is 0 Å². The molecule has 2 aromatic heterocycles. The Kier molecular flexibility index (Phi) is 8.47. The van der Waals surface area contributed by atoms with Crippen LogP contribution >= 0.6 is 11.6 Å². The lowest BCUT2D eigenvalue weighted by molar-refractivity contribution is -0.118. The van der Waals surface area contributed by atoms with Crippen molar-refractivity contribution in [2.24, 2.45) is 5.73 Å². The fourth-order valence-electron chi connectivity index (χ4n) is 5.32. The molecule has 2 aromatic carbocycles. The number of aliphatic hydroxyl groups excluding tert-OH is 1. The maximum atomic E-state index is 12.9. The zero-order chi connectivity index (χ0) is 31.9. The van der Waals surface area contributed by atoms with Crippen LogP contribution in [0.5, 0.6) is 6.01 Å². The molecule has 2 amide bonds. The quantitative estimate of drug-likeness (QED) is 0.180. The van der Waals surface area contributed by atoms with Crippen molar-refractivity contribution in [2.45, 2.75) is 24.4 Å². The second-order valence-corrected chi connectivity index (χ2v) is 12.7. The van der Waals surface area contributed by atoms with Crippen LogP contribution in [0.3, 0.4) is 0 Å². The molecular weight excluding hydrogens is 630 g/mol. The van der Waals surface area contributed by atoms with E-state index in [9.17, 15) is 23.1 Å². The van der Waals surface area contributed by atoms with Crippen LogP contribution in [-0.2, 0) is 24.4 Å². The van der Waals surface area contributed by atoms with Gasteiger partial charge in [-0.3, -0.25) is 14.1 Å². The van der Waals surface area contributed by atoms with E-state index < -0.39 is 59.1 Å². The number of nitrogens with one attached hydrogen (secondary N) is 1. The van der Waals surface area contributed by atoms with Gasteiger partial charge in [0.2, 0.25) is 5.91 Å². The topological polar surface area (TPSA) is 207 Å². The number of carbonyl (C=O) groups excluding carboxylic acids is 2. The monoisotopic (exact) mass is 657 g/mol. The zero-order valence-electron chi connectivity index (χ0n) is 23.5. The SMILES string of the molecule is NC(=O)CN(CCS(=O)(=O)O)C(=O)c1ccc(-c2ccc(-c3nc4nc(O[C@@H]5CO[C@H]6[C@@H]5OC[C@H]6O)[nH]c4cc3Cl)cc2)cc1. The summed E-state index contributed by atoms with van der Waals surface area (Å²) >= 11 is 6.58. The number of aliphatic hydroxyl groups is 1. The molecule has 0 bridgehead atoms. The number of rotatable bonds is 10. The van der Waals surface area contributed by atoms with E-state index in [2.05, 4.69) is 15.0 Å². The predicted octanol–water partition coefficient (Wildman–Crippen LogP) is 1.67. The van der Waals surface area contributed by atoms with Crippen molar-refractivity contribution < 1.29 is 41.9 Å². The Morgan fingerprint density at radius 1 is 1.02 bits per heavy atom. The van der Waals surface area contributed by atoms with Crippen molar-refractivity contribution >= 4 is 44.7 Å². The summed E-state index contributed by atoms with van der Waals surface area (Å²) in [5.74, 6) is -2.15. The Balaban J connectivity index is 1.16. The highest BCUT2D eigenvalue weighted by Crippen LogP contribution is 2.33. The van der Waals surface area contributed by atoms with Gasteiger partial charge in [-0.25, -0.2) is 4.98 Å². The lowest BCUT2D eigenvalue weighted by Gasteiger charge is -2.20. The van der Waals surface area contributed by atoms with Gasteiger partial charge in [0.15, 0.2) is 11.8 Å². The average Bonchev–Trinajstić information content (AvgIpc) is 3.70. The summed E-state index contributed by atoms with van der Waals surface area (Å²) in [6.45, 7) is -0.435. The number of primary amides is 1. The normalized spacial score (nSPS) is 21.1. The smallest absolute Gasteiger partial charge is 0.296 e. The maximum Gasteiger partial charge on any atom is 0.296 e. The number of fused-ring (bicyclic) bond motifs is 2. The molecule has 16 heteroatoms. The fourth-order valence-corrected chi connectivity index (χ4v) is 6.03. The van der Waals surface area contributed by atoms with Gasteiger partial charge in [-0.05, 0) is 29.3 Å². The number of benzene rings is 2. The van der Waals surface area contributed by atoms with Crippen molar-refractivity contribution in [2.75, 3.05) is 32.1 Å². The van der Waals surface area contributed by atoms with Crippen LogP contribution in [0.15, 0.2) is 54.6 Å². The number of imidazole rings is 1. The molecule has 2 fully saturated rings. The third-order valence-electron chi connectivity index (χ3n) is 7.53.